The van der Waals surface area contributed by atoms with E-state index in [1.165, 1.54) is 0 Å². The maximum absolute atomic E-state index is 12.0. The second kappa shape index (κ2) is 13.8. The van der Waals surface area contributed by atoms with Crippen LogP contribution in [0.5, 0.6) is 0 Å². The highest BCUT2D eigenvalue weighted by Gasteiger charge is 2.21. The molecule has 2 fully saturated rings. The normalized spacial score (nSPS) is 20.3. The molecule has 2 aliphatic rings. The largest absolute Gasteiger partial charge is 0.374 e. The average molecular weight is 488 g/mol. The molecule has 0 unspecified atom stereocenters. The van der Waals surface area contributed by atoms with Crippen LogP contribution in [0.25, 0.3) is 0 Å². The molecule has 0 radical (unpaired) electrons. The molecule has 0 bridgehead atoms. The van der Waals surface area contributed by atoms with Crippen molar-refractivity contribution in [3.05, 3.63) is 33.8 Å². The fourth-order valence-electron chi connectivity index (χ4n) is 3.54. The van der Waals surface area contributed by atoms with Gasteiger partial charge in [-0.1, -0.05) is 29.3 Å². The predicted molar refractivity (Wildman–Crippen MR) is 123 cm³/mol. The van der Waals surface area contributed by atoms with Crippen molar-refractivity contribution in [3.8, 4) is 0 Å². The topological polar surface area (TPSA) is 65.6 Å². The van der Waals surface area contributed by atoms with Gasteiger partial charge in [-0.3, -0.25) is 4.90 Å². The minimum absolute atomic E-state index is 0. The van der Waals surface area contributed by atoms with Gasteiger partial charge in [-0.25, -0.2) is 4.79 Å². The molecule has 29 heavy (non-hydrogen) atoms. The van der Waals surface area contributed by atoms with Gasteiger partial charge in [0.2, 0.25) is 0 Å². The van der Waals surface area contributed by atoms with Crippen LogP contribution in [0.4, 0.5) is 4.79 Å². The first-order chi connectivity index (χ1) is 13.1. The van der Waals surface area contributed by atoms with E-state index in [1.807, 2.05) is 18.2 Å². The Morgan fingerprint density at radius 3 is 2.59 bits per heavy atom. The van der Waals surface area contributed by atoms with Crippen molar-refractivity contribution in [2.24, 2.45) is 5.92 Å². The Morgan fingerprint density at radius 2 is 1.86 bits per heavy atom. The molecule has 0 aliphatic carbocycles. The summed E-state index contributed by atoms with van der Waals surface area (Å²) in [6.07, 6.45) is 2.23. The number of nitrogens with one attached hydrogen (secondary N) is 3. The molecule has 1 aromatic rings. The lowest BCUT2D eigenvalue weighted by molar-refractivity contribution is -0.0287. The molecular weight excluding hydrogens is 458 g/mol. The van der Waals surface area contributed by atoms with Gasteiger partial charge in [0.25, 0.3) is 0 Å². The Labute approximate surface area is 195 Å². The lowest BCUT2D eigenvalue weighted by Crippen LogP contribution is -2.49. The third-order valence-electron chi connectivity index (χ3n) is 5.11. The van der Waals surface area contributed by atoms with Gasteiger partial charge in [-0.15, -0.1) is 24.8 Å². The molecule has 3 N–H and O–H groups in total. The Balaban J connectivity index is 0.00000210. The quantitative estimate of drug-likeness (QED) is 0.575. The highest BCUT2D eigenvalue weighted by molar-refractivity contribution is 6.42. The van der Waals surface area contributed by atoms with Crippen LogP contribution in [0, 0.1) is 5.92 Å². The summed E-state index contributed by atoms with van der Waals surface area (Å²) < 4.78 is 5.79. The van der Waals surface area contributed by atoms with Crippen molar-refractivity contribution in [2.45, 2.75) is 25.5 Å². The molecule has 0 spiro atoms. The summed E-state index contributed by atoms with van der Waals surface area (Å²) in [5.74, 6) is 0.574. The van der Waals surface area contributed by atoms with Gasteiger partial charge in [0, 0.05) is 32.7 Å². The first-order valence-corrected chi connectivity index (χ1v) is 10.4. The molecule has 3 rings (SSSR count). The maximum Gasteiger partial charge on any atom is 0.314 e. The number of benzene rings is 1. The molecule has 10 heteroatoms. The number of morpholine rings is 1. The molecule has 166 valence electrons. The summed E-state index contributed by atoms with van der Waals surface area (Å²) in [6.45, 7) is 6.41. The number of halogens is 4. The number of rotatable bonds is 6. The van der Waals surface area contributed by atoms with E-state index in [9.17, 15) is 4.79 Å². The maximum atomic E-state index is 12.0. The van der Waals surface area contributed by atoms with Crippen molar-refractivity contribution in [3.63, 3.8) is 0 Å². The Hall–Kier alpha value is -0.470. The number of urea groups is 1. The molecule has 2 amide bonds. The summed E-state index contributed by atoms with van der Waals surface area (Å²) in [5.41, 5.74) is 1.12. The third-order valence-corrected chi connectivity index (χ3v) is 5.85. The van der Waals surface area contributed by atoms with Crippen LogP contribution in [-0.4, -0.2) is 62.9 Å². The average Bonchev–Trinajstić information content (AvgIpc) is 2.69. The van der Waals surface area contributed by atoms with E-state index in [0.29, 0.717) is 29.1 Å². The van der Waals surface area contributed by atoms with Gasteiger partial charge in [0.15, 0.2) is 0 Å². The summed E-state index contributed by atoms with van der Waals surface area (Å²) in [4.78, 5) is 14.3. The Morgan fingerprint density at radius 1 is 1.14 bits per heavy atom. The number of nitrogens with zero attached hydrogens (tertiary/aromatic N) is 1. The van der Waals surface area contributed by atoms with Crippen LogP contribution in [-0.2, 0) is 11.3 Å². The fourth-order valence-corrected chi connectivity index (χ4v) is 3.86. The van der Waals surface area contributed by atoms with Gasteiger partial charge in [0.05, 0.1) is 22.8 Å². The number of hydrogen-bond acceptors (Lipinski definition) is 4. The van der Waals surface area contributed by atoms with Crippen molar-refractivity contribution in [1.29, 1.82) is 0 Å². The lowest BCUT2D eigenvalue weighted by Gasteiger charge is -2.33. The van der Waals surface area contributed by atoms with E-state index < -0.39 is 0 Å². The predicted octanol–water partition coefficient (Wildman–Crippen LogP) is 3.34. The second-order valence-corrected chi connectivity index (χ2v) is 8.08. The van der Waals surface area contributed by atoms with Gasteiger partial charge < -0.3 is 20.7 Å². The number of piperidine rings is 1. The number of amides is 2. The van der Waals surface area contributed by atoms with E-state index in [1.54, 1.807) is 0 Å². The minimum Gasteiger partial charge on any atom is -0.374 e. The van der Waals surface area contributed by atoms with Crippen LogP contribution in [0.2, 0.25) is 10.0 Å². The minimum atomic E-state index is -0.112. The molecule has 1 atom stereocenters. The SMILES string of the molecule is Cl.Cl.O=C(NCC1CCNCC1)NC[C@H]1CN(Cc2ccc(Cl)c(Cl)c2)CCO1. The molecule has 2 saturated heterocycles. The van der Waals surface area contributed by atoms with Crippen LogP contribution in [0.3, 0.4) is 0 Å². The first-order valence-electron chi connectivity index (χ1n) is 9.60. The standard InChI is InChI=1S/C19H28Cl2N4O2.2ClH/c20-17-2-1-15(9-18(17)21)12-25-7-8-27-16(13-25)11-24-19(26)23-10-14-3-5-22-6-4-14;;/h1-2,9,14,16,22H,3-8,10-13H2,(H2,23,24,26);2*1H/t16-;;/m0../s1. The monoisotopic (exact) mass is 486 g/mol. The van der Waals surface area contributed by atoms with E-state index in [0.717, 1.165) is 57.7 Å². The zero-order chi connectivity index (χ0) is 19.1. The zero-order valence-corrected chi connectivity index (χ0v) is 19.4. The molecule has 1 aromatic carbocycles. The zero-order valence-electron chi connectivity index (χ0n) is 16.3. The number of carbonyl (C=O) groups is 1. The van der Waals surface area contributed by atoms with Gasteiger partial charge in [-0.2, -0.15) is 0 Å². The lowest BCUT2D eigenvalue weighted by atomic mass is 9.98. The van der Waals surface area contributed by atoms with E-state index in [4.69, 9.17) is 27.9 Å². The molecule has 2 heterocycles. The number of carbonyl (C=O) groups excluding carboxylic acids is 1. The van der Waals surface area contributed by atoms with Crippen LogP contribution in [0.15, 0.2) is 18.2 Å². The first kappa shape index (κ1) is 26.6. The van der Waals surface area contributed by atoms with Crippen LogP contribution >= 0.6 is 48.0 Å². The van der Waals surface area contributed by atoms with Gasteiger partial charge >= 0.3 is 6.03 Å². The molecule has 2 aliphatic heterocycles. The highest BCUT2D eigenvalue weighted by Crippen LogP contribution is 2.23. The molecule has 0 aromatic heterocycles. The van der Waals surface area contributed by atoms with Crippen molar-refractivity contribution >= 4 is 54.0 Å². The molecule has 0 saturated carbocycles. The van der Waals surface area contributed by atoms with E-state index in [2.05, 4.69) is 20.9 Å². The van der Waals surface area contributed by atoms with E-state index >= 15 is 0 Å². The Kier molecular flexibility index (Phi) is 12.6. The Bertz CT molecular complexity index is 632. The van der Waals surface area contributed by atoms with Crippen LogP contribution in [0.1, 0.15) is 18.4 Å². The summed E-state index contributed by atoms with van der Waals surface area (Å²) in [5, 5.41) is 10.4. The molecule has 6 nitrogen and oxygen atoms in total. The number of ether oxygens (including phenoxy) is 1. The summed E-state index contributed by atoms with van der Waals surface area (Å²) in [7, 11) is 0. The van der Waals surface area contributed by atoms with Crippen LogP contribution < -0.4 is 16.0 Å². The third kappa shape index (κ3) is 9.05. The molecular formula is C19H30Cl4N4O2. The fraction of sp³-hybridized carbons (Fsp3) is 0.632. The highest BCUT2D eigenvalue weighted by atomic mass is 35.5. The smallest absolute Gasteiger partial charge is 0.314 e. The van der Waals surface area contributed by atoms with E-state index in [-0.39, 0.29) is 36.9 Å². The van der Waals surface area contributed by atoms with Crippen molar-refractivity contribution in [2.75, 3.05) is 45.9 Å². The van der Waals surface area contributed by atoms with Crippen molar-refractivity contribution in [1.82, 2.24) is 20.9 Å². The summed E-state index contributed by atoms with van der Waals surface area (Å²) >= 11 is 12.1. The van der Waals surface area contributed by atoms with Crippen molar-refractivity contribution < 1.29 is 9.53 Å². The number of hydrogen-bond donors (Lipinski definition) is 3. The van der Waals surface area contributed by atoms with Gasteiger partial charge in [-0.05, 0) is 49.5 Å². The summed E-state index contributed by atoms with van der Waals surface area (Å²) in [6, 6.07) is 5.61. The van der Waals surface area contributed by atoms with Gasteiger partial charge in [0.1, 0.15) is 0 Å². The second-order valence-electron chi connectivity index (χ2n) is 7.26.